The quantitative estimate of drug-likeness (QED) is 0.861. The number of hydrogen-bond acceptors (Lipinski definition) is 2. The number of carbonyl (C=O) groups excluding carboxylic acids is 1. The first-order valence-corrected chi connectivity index (χ1v) is 6.25. The van der Waals surface area contributed by atoms with Crippen LogP contribution in [0.1, 0.15) is 22.8 Å². The number of amides is 1. The van der Waals surface area contributed by atoms with Gasteiger partial charge in [0.05, 0.1) is 10.6 Å². The van der Waals surface area contributed by atoms with E-state index in [1.165, 1.54) is 0 Å². The maximum Gasteiger partial charge on any atom is 0.255 e. The fourth-order valence-corrected chi connectivity index (χ4v) is 2.41. The van der Waals surface area contributed by atoms with E-state index in [1.54, 1.807) is 0 Å². The van der Waals surface area contributed by atoms with Crippen LogP contribution in [0, 0.1) is 6.92 Å². The molecule has 1 N–H and O–H groups in total. The maximum atomic E-state index is 12.4. The van der Waals surface area contributed by atoms with Crippen LogP contribution >= 0.6 is 24.0 Å². The Bertz CT molecular complexity index is 437. The van der Waals surface area contributed by atoms with Crippen molar-refractivity contribution >= 4 is 29.9 Å². The molecule has 0 radical (unpaired) electrons. The van der Waals surface area contributed by atoms with Crippen LogP contribution in [0.5, 0.6) is 0 Å². The second kappa shape index (κ2) is 6.41. The van der Waals surface area contributed by atoms with Gasteiger partial charge in [-0.1, -0.05) is 17.7 Å². The molecule has 1 atom stereocenters. The molecular formula is C13H18Cl2N2O. The zero-order chi connectivity index (χ0) is 12.4. The summed E-state index contributed by atoms with van der Waals surface area (Å²) in [5.41, 5.74) is 1.67. The summed E-state index contributed by atoms with van der Waals surface area (Å²) in [4.78, 5) is 14.2. The molecule has 0 bridgehead atoms. The van der Waals surface area contributed by atoms with Crippen molar-refractivity contribution in [2.45, 2.75) is 19.9 Å². The molecule has 1 unspecified atom stereocenters. The van der Waals surface area contributed by atoms with Crippen LogP contribution in [0.25, 0.3) is 0 Å². The Morgan fingerprint density at radius 1 is 1.50 bits per heavy atom. The van der Waals surface area contributed by atoms with Crippen LogP contribution in [0.4, 0.5) is 0 Å². The van der Waals surface area contributed by atoms with E-state index in [9.17, 15) is 4.79 Å². The second-order valence-corrected chi connectivity index (χ2v) is 4.94. The van der Waals surface area contributed by atoms with Gasteiger partial charge in [-0.25, -0.2) is 0 Å². The van der Waals surface area contributed by atoms with E-state index < -0.39 is 0 Å². The van der Waals surface area contributed by atoms with Crippen LogP contribution in [0.2, 0.25) is 5.02 Å². The minimum absolute atomic E-state index is 0. The van der Waals surface area contributed by atoms with Gasteiger partial charge in [-0.3, -0.25) is 4.79 Å². The predicted octanol–water partition coefficient (Wildman–Crippen LogP) is 2.50. The molecule has 1 aliphatic heterocycles. The van der Waals surface area contributed by atoms with Gasteiger partial charge in [-0.15, -0.1) is 12.4 Å². The number of nitrogens with zero attached hydrogens (tertiary/aromatic N) is 1. The molecule has 18 heavy (non-hydrogen) atoms. The van der Waals surface area contributed by atoms with Gasteiger partial charge < -0.3 is 10.2 Å². The first-order chi connectivity index (χ1) is 8.09. The fourth-order valence-electron chi connectivity index (χ4n) is 2.09. The standard InChI is InChI=1S/C13H17ClN2O.ClH/c1-9-3-4-11(12(14)7-9)13(17)16-6-5-15-8-10(16)2;/h3-4,7,10,15H,5-6,8H2,1-2H3;1H. The van der Waals surface area contributed by atoms with Gasteiger partial charge in [0.25, 0.3) is 5.91 Å². The number of halogens is 2. The van der Waals surface area contributed by atoms with Gasteiger partial charge in [-0.2, -0.15) is 0 Å². The molecule has 3 nitrogen and oxygen atoms in total. The second-order valence-electron chi connectivity index (χ2n) is 4.53. The molecule has 2 rings (SSSR count). The third kappa shape index (κ3) is 3.16. The summed E-state index contributed by atoms with van der Waals surface area (Å²) < 4.78 is 0. The smallest absolute Gasteiger partial charge is 0.255 e. The summed E-state index contributed by atoms with van der Waals surface area (Å²) >= 11 is 6.13. The van der Waals surface area contributed by atoms with Crippen molar-refractivity contribution < 1.29 is 4.79 Å². The lowest BCUT2D eigenvalue weighted by Gasteiger charge is -2.34. The molecule has 1 saturated heterocycles. The van der Waals surface area contributed by atoms with Crippen LogP contribution in [-0.4, -0.2) is 36.5 Å². The Balaban J connectivity index is 0.00000162. The highest BCUT2D eigenvalue weighted by atomic mass is 35.5. The van der Waals surface area contributed by atoms with Gasteiger partial charge in [0.1, 0.15) is 0 Å². The summed E-state index contributed by atoms with van der Waals surface area (Å²) in [7, 11) is 0. The Labute approximate surface area is 119 Å². The van der Waals surface area contributed by atoms with E-state index in [-0.39, 0.29) is 24.4 Å². The van der Waals surface area contributed by atoms with E-state index in [2.05, 4.69) is 5.32 Å². The van der Waals surface area contributed by atoms with Gasteiger partial charge >= 0.3 is 0 Å². The van der Waals surface area contributed by atoms with E-state index in [0.717, 1.165) is 25.2 Å². The number of hydrogen-bond donors (Lipinski definition) is 1. The van der Waals surface area contributed by atoms with Crippen LogP contribution in [0.15, 0.2) is 18.2 Å². The molecule has 1 heterocycles. The zero-order valence-corrected chi connectivity index (χ0v) is 12.1. The van der Waals surface area contributed by atoms with Crippen LogP contribution < -0.4 is 5.32 Å². The fraction of sp³-hybridized carbons (Fsp3) is 0.462. The summed E-state index contributed by atoms with van der Waals surface area (Å²) in [5, 5.41) is 3.81. The van der Waals surface area contributed by atoms with Gasteiger partial charge in [-0.05, 0) is 31.5 Å². The summed E-state index contributed by atoms with van der Waals surface area (Å²) in [6.07, 6.45) is 0. The third-order valence-electron chi connectivity index (χ3n) is 3.12. The molecule has 0 spiro atoms. The Morgan fingerprint density at radius 3 is 2.83 bits per heavy atom. The van der Waals surface area contributed by atoms with Gasteiger partial charge in [0, 0.05) is 25.7 Å². The average molecular weight is 289 g/mol. The number of aryl methyl sites for hydroxylation is 1. The summed E-state index contributed by atoms with van der Waals surface area (Å²) in [6.45, 7) is 6.44. The molecular weight excluding hydrogens is 271 g/mol. The summed E-state index contributed by atoms with van der Waals surface area (Å²) in [6, 6.07) is 5.79. The Kier molecular flexibility index (Phi) is 5.45. The van der Waals surface area contributed by atoms with Crippen LogP contribution in [-0.2, 0) is 0 Å². The van der Waals surface area contributed by atoms with Crippen molar-refractivity contribution in [3.05, 3.63) is 34.3 Å². The number of piperazine rings is 1. The highest BCUT2D eigenvalue weighted by molar-refractivity contribution is 6.33. The molecule has 0 aromatic heterocycles. The van der Waals surface area contributed by atoms with Crippen molar-refractivity contribution in [2.75, 3.05) is 19.6 Å². The maximum absolute atomic E-state index is 12.4. The van der Waals surface area contributed by atoms with Crippen molar-refractivity contribution in [3.8, 4) is 0 Å². The molecule has 1 fully saturated rings. The summed E-state index contributed by atoms with van der Waals surface area (Å²) in [5.74, 6) is 0.0315. The lowest BCUT2D eigenvalue weighted by atomic mass is 10.1. The molecule has 100 valence electrons. The highest BCUT2D eigenvalue weighted by Crippen LogP contribution is 2.20. The zero-order valence-electron chi connectivity index (χ0n) is 10.6. The van der Waals surface area contributed by atoms with E-state index in [1.807, 2.05) is 36.9 Å². The molecule has 1 aromatic rings. The minimum atomic E-state index is 0. The monoisotopic (exact) mass is 288 g/mol. The molecule has 1 amide bonds. The molecule has 1 aliphatic rings. The molecule has 1 aromatic carbocycles. The number of nitrogens with one attached hydrogen (secondary N) is 1. The third-order valence-corrected chi connectivity index (χ3v) is 3.43. The van der Waals surface area contributed by atoms with E-state index in [0.29, 0.717) is 10.6 Å². The minimum Gasteiger partial charge on any atom is -0.333 e. The number of rotatable bonds is 1. The van der Waals surface area contributed by atoms with Gasteiger partial charge in [0.15, 0.2) is 0 Å². The van der Waals surface area contributed by atoms with E-state index >= 15 is 0 Å². The van der Waals surface area contributed by atoms with E-state index in [4.69, 9.17) is 11.6 Å². The first kappa shape index (κ1) is 15.3. The van der Waals surface area contributed by atoms with Crippen molar-refractivity contribution in [3.63, 3.8) is 0 Å². The Morgan fingerprint density at radius 2 is 2.22 bits per heavy atom. The lowest BCUT2D eigenvalue weighted by Crippen LogP contribution is -2.52. The number of carbonyl (C=O) groups is 1. The number of benzene rings is 1. The largest absolute Gasteiger partial charge is 0.333 e. The van der Waals surface area contributed by atoms with Gasteiger partial charge in [0.2, 0.25) is 0 Å². The normalized spacial score (nSPS) is 19.3. The van der Waals surface area contributed by atoms with Crippen molar-refractivity contribution in [1.29, 1.82) is 0 Å². The highest BCUT2D eigenvalue weighted by Gasteiger charge is 2.25. The lowest BCUT2D eigenvalue weighted by molar-refractivity contribution is 0.0656. The SMILES string of the molecule is Cc1ccc(C(=O)N2CCNCC2C)c(Cl)c1.Cl. The molecule has 0 aliphatic carbocycles. The van der Waals surface area contributed by atoms with Crippen molar-refractivity contribution in [2.24, 2.45) is 0 Å². The Hall–Kier alpha value is -0.770. The first-order valence-electron chi connectivity index (χ1n) is 5.87. The average Bonchev–Trinajstić information content (AvgIpc) is 2.29. The molecule has 5 heteroatoms. The predicted molar refractivity (Wildman–Crippen MR) is 76.8 cm³/mol. The van der Waals surface area contributed by atoms with Crippen molar-refractivity contribution in [1.82, 2.24) is 10.2 Å². The molecule has 0 saturated carbocycles. The topological polar surface area (TPSA) is 32.3 Å². The van der Waals surface area contributed by atoms with Crippen LogP contribution in [0.3, 0.4) is 0 Å².